The highest BCUT2D eigenvalue weighted by Crippen LogP contribution is 2.27. The molecule has 0 saturated heterocycles. The molecule has 0 aliphatic heterocycles. The molecule has 2 rings (SSSR count). The average Bonchev–Trinajstić information content (AvgIpc) is 2.32. The molecule has 3 N–H and O–H groups in total. The largest absolute Gasteiger partial charge is 0.398 e. The van der Waals surface area contributed by atoms with Crippen LogP contribution >= 0.6 is 11.6 Å². The third-order valence-electron chi connectivity index (χ3n) is 2.72. The van der Waals surface area contributed by atoms with Crippen molar-refractivity contribution in [2.45, 2.75) is 13.5 Å². The fraction of sp³-hybridized carbons (Fsp3) is 0.143. The third kappa shape index (κ3) is 2.93. The first-order chi connectivity index (χ1) is 8.56. The van der Waals surface area contributed by atoms with Gasteiger partial charge >= 0.3 is 0 Å². The first kappa shape index (κ1) is 12.7. The van der Waals surface area contributed by atoms with E-state index in [1.807, 2.05) is 19.1 Å². The minimum Gasteiger partial charge on any atom is -0.398 e. The molecule has 0 atom stereocenters. The Morgan fingerprint density at radius 1 is 1.28 bits per heavy atom. The molecule has 94 valence electrons. The van der Waals surface area contributed by atoms with Crippen LogP contribution in [0.15, 0.2) is 36.4 Å². The number of hydrogen-bond donors (Lipinski definition) is 2. The smallest absolute Gasteiger partial charge is 0.123 e. The number of hydrogen-bond acceptors (Lipinski definition) is 2. The van der Waals surface area contributed by atoms with Gasteiger partial charge in [0.2, 0.25) is 0 Å². The molecule has 0 unspecified atom stereocenters. The summed E-state index contributed by atoms with van der Waals surface area (Å²) in [5, 5.41) is 3.73. The van der Waals surface area contributed by atoms with E-state index in [9.17, 15) is 4.39 Å². The number of aryl methyl sites for hydroxylation is 1. The number of anilines is 2. The third-order valence-corrected chi connectivity index (χ3v) is 3.04. The Bertz CT molecular complexity index is 570. The van der Waals surface area contributed by atoms with Crippen LogP contribution in [-0.4, -0.2) is 0 Å². The lowest BCUT2D eigenvalue weighted by atomic mass is 10.1. The Balaban J connectivity index is 2.13. The van der Waals surface area contributed by atoms with Crippen LogP contribution in [0.3, 0.4) is 0 Å². The summed E-state index contributed by atoms with van der Waals surface area (Å²) in [6.45, 7) is 2.49. The fourth-order valence-electron chi connectivity index (χ4n) is 1.74. The predicted octanol–water partition coefficient (Wildman–Crippen LogP) is 3.98. The van der Waals surface area contributed by atoms with Crippen LogP contribution in [-0.2, 0) is 6.54 Å². The quantitative estimate of drug-likeness (QED) is 0.823. The van der Waals surface area contributed by atoms with Gasteiger partial charge in [-0.25, -0.2) is 4.39 Å². The number of nitrogens with two attached hydrogens (primary N) is 1. The molecule has 0 bridgehead atoms. The Labute approximate surface area is 111 Å². The summed E-state index contributed by atoms with van der Waals surface area (Å²) in [6, 6.07) is 10.1. The summed E-state index contributed by atoms with van der Waals surface area (Å²) in [5.74, 6) is -0.235. The van der Waals surface area contributed by atoms with E-state index in [1.54, 1.807) is 12.1 Å². The van der Waals surface area contributed by atoms with Gasteiger partial charge in [-0.15, -0.1) is 0 Å². The Morgan fingerprint density at radius 2 is 2.06 bits per heavy atom. The van der Waals surface area contributed by atoms with Gasteiger partial charge in [-0.2, -0.15) is 0 Å². The fourth-order valence-corrected chi connectivity index (χ4v) is 1.90. The topological polar surface area (TPSA) is 38.0 Å². The van der Waals surface area contributed by atoms with Crippen LogP contribution in [0.25, 0.3) is 0 Å². The standard InChI is InChI=1S/C14H14ClFN2/c1-9-5-13(17)12(15)7-14(9)18-8-10-3-2-4-11(16)6-10/h2-7,18H,8,17H2,1H3. The Kier molecular flexibility index (Phi) is 3.72. The van der Waals surface area contributed by atoms with Gasteiger partial charge in [0.15, 0.2) is 0 Å². The number of nitrogen functional groups attached to an aromatic ring is 1. The maximum Gasteiger partial charge on any atom is 0.123 e. The molecular formula is C14H14ClFN2. The van der Waals surface area contributed by atoms with Crippen molar-refractivity contribution in [3.8, 4) is 0 Å². The summed E-state index contributed by atoms with van der Waals surface area (Å²) < 4.78 is 13.0. The van der Waals surface area contributed by atoms with Gasteiger partial charge < -0.3 is 11.1 Å². The van der Waals surface area contributed by atoms with Crippen molar-refractivity contribution in [1.29, 1.82) is 0 Å². The summed E-state index contributed by atoms with van der Waals surface area (Å²) in [7, 11) is 0. The van der Waals surface area contributed by atoms with E-state index in [-0.39, 0.29) is 5.82 Å². The van der Waals surface area contributed by atoms with Crippen molar-refractivity contribution in [3.63, 3.8) is 0 Å². The van der Waals surface area contributed by atoms with Gasteiger partial charge in [-0.3, -0.25) is 0 Å². The van der Waals surface area contributed by atoms with E-state index >= 15 is 0 Å². The van der Waals surface area contributed by atoms with Gasteiger partial charge in [0.1, 0.15) is 5.82 Å². The molecule has 2 aromatic carbocycles. The van der Waals surface area contributed by atoms with Crippen LogP contribution in [0, 0.1) is 12.7 Å². The zero-order valence-corrected chi connectivity index (χ0v) is 10.8. The lowest BCUT2D eigenvalue weighted by Crippen LogP contribution is -2.02. The van der Waals surface area contributed by atoms with E-state index in [4.69, 9.17) is 17.3 Å². The molecule has 0 radical (unpaired) electrons. The van der Waals surface area contributed by atoms with Crippen LogP contribution in [0.4, 0.5) is 15.8 Å². The summed E-state index contributed by atoms with van der Waals surface area (Å²) in [6.07, 6.45) is 0. The number of nitrogens with one attached hydrogen (secondary N) is 1. The first-order valence-corrected chi connectivity index (χ1v) is 5.98. The molecule has 0 heterocycles. The van der Waals surface area contributed by atoms with Crippen molar-refractivity contribution >= 4 is 23.0 Å². The van der Waals surface area contributed by atoms with Gasteiger partial charge in [0.25, 0.3) is 0 Å². The molecule has 0 fully saturated rings. The minimum atomic E-state index is -0.235. The number of halogens is 2. The van der Waals surface area contributed by atoms with E-state index in [0.717, 1.165) is 16.8 Å². The molecule has 2 aromatic rings. The lowest BCUT2D eigenvalue weighted by molar-refractivity contribution is 0.626. The zero-order chi connectivity index (χ0) is 13.1. The molecule has 4 heteroatoms. The van der Waals surface area contributed by atoms with Gasteiger partial charge in [-0.1, -0.05) is 23.7 Å². The second-order valence-corrected chi connectivity index (χ2v) is 4.58. The van der Waals surface area contributed by atoms with E-state index in [0.29, 0.717) is 17.3 Å². The first-order valence-electron chi connectivity index (χ1n) is 5.60. The SMILES string of the molecule is Cc1cc(N)c(Cl)cc1NCc1cccc(F)c1. The van der Waals surface area contributed by atoms with Crippen LogP contribution in [0.5, 0.6) is 0 Å². The van der Waals surface area contributed by atoms with Gasteiger partial charge in [0.05, 0.1) is 10.7 Å². The second-order valence-electron chi connectivity index (χ2n) is 4.17. The second kappa shape index (κ2) is 5.27. The van der Waals surface area contributed by atoms with Crippen molar-refractivity contribution in [3.05, 3.63) is 58.4 Å². The normalized spacial score (nSPS) is 10.4. The molecule has 0 amide bonds. The van der Waals surface area contributed by atoms with Crippen LogP contribution in [0.2, 0.25) is 5.02 Å². The van der Waals surface area contributed by atoms with Gasteiger partial charge in [0, 0.05) is 12.2 Å². The molecule has 0 saturated carbocycles. The average molecular weight is 265 g/mol. The monoisotopic (exact) mass is 264 g/mol. The number of rotatable bonds is 3. The molecule has 0 aliphatic carbocycles. The van der Waals surface area contributed by atoms with E-state index in [1.165, 1.54) is 12.1 Å². The maximum atomic E-state index is 13.0. The number of benzene rings is 2. The van der Waals surface area contributed by atoms with Crippen molar-refractivity contribution in [2.75, 3.05) is 11.1 Å². The van der Waals surface area contributed by atoms with Crippen LogP contribution < -0.4 is 11.1 Å². The summed E-state index contributed by atoms with van der Waals surface area (Å²) >= 11 is 5.97. The van der Waals surface area contributed by atoms with Crippen LogP contribution in [0.1, 0.15) is 11.1 Å². The van der Waals surface area contributed by atoms with Crippen molar-refractivity contribution in [2.24, 2.45) is 0 Å². The van der Waals surface area contributed by atoms with E-state index < -0.39 is 0 Å². The lowest BCUT2D eigenvalue weighted by Gasteiger charge is -2.11. The van der Waals surface area contributed by atoms with Crippen molar-refractivity contribution < 1.29 is 4.39 Å². The predicted molar refractivity (Wildman–Crippen MR) is 74.3 cm³/mol. The highest BCUT2D eigenvalue weighted by molar-refractivity contribution is 6.33. The highest BCUT2D eigenvalue weighted by atomic mass is 35.5. The molecule has 0 aromatic heterocycles. The molecule has 2 nitrogen and oxygen atoms in total. The summed E-state index contributed by atoms with van der Waals surface area (Å²) in [5.41, 5.74) is 9.05. The van der Waals surface area contributed by atoms with Gasteiger partial charge in [-0.05, 0) is 42.3 Å². The zero-order valence-electron chi connectivity index (χ0n) is 10.0. The molecule has 18 heavy (non-hydrogen) atoms. The van der Waals surface area contributed by atoms with E-state index in [2.05, 4.69) is 5.32 Å². The molecule has 0 aliphatic rings. The highest BCUT2D eigenvalue weighted by Gasteiger charge is 2.03. The summed E-state index contributed by atoms with van der Waals surface area (Å²) in [4.78, 5) is 0. The Morgan fingerprint density at radius 3 is 2.78 bits per heavy atom. The minimum absolute atomic E-state index is 0.235. The molecule has 0 spiro atoms. The van der Waals surface area contributed by atoms with Crippen molar-refractivity contribution in [1.82, 2.24) is 0 Å². The Hall–Kier alpha value is -1.74. The molecular weight excluding hydrogens is 251 g/mol. The maximum absolute atomic E-state index is 13.0.